The third-order valence-electron chi connectivity index (χ3n) is 12.7. The van der Waals surface area contributed by atoms with E-state index < -0.39 is 82.8 Å². The highest BCUT2D eigenvalue weighted by Gasteiger charge is 2.56. The number of aliphatic imine (C=N–C) groups is 1. The lowest BCUT2D eigenvalue weighted by molar-refractivity contribution is -0.297. The SMILES string of the molecule is CC[C@H]1OC(=O)[C@@](C)(F)C(=O)C(C)[C@@H](O[C@@H]2O[C@H](C)C[C@H](N(C)CC)[C@H]2O)[C@@]2(C)C[C@@H](C)C(=NC(C)=O)[C@H](C)[C@@H](CC/C(=C\C=C\c3ccccc3)CO2)[C@]1(C)O. The number of hydrogen-bond donors (Lipinski definition) is 2. The van der Waals surface area contributed by atoms with Gasteiger partial charge in [0.1, 0.15) is 17.8 Å². The number of benzene rings is 1. The van der Waals surface area contributed by atoms with Crippen molar-refractivity contribution < 1.29 is 47.9 Å². The van der Waals surface area contributed by atoms with Gasteiger partial charge in [0.25, 0.3) is 5.67 Å². The highest BCUT2D eigenvalue weighted by atomic mass is 19.1. The summed E-state index contributed by atoms with van der Waals surface area (Å²) in [7, 11) is 1.90. The quantitative estimate of drug-likeness (QED) is 0.227. The molecule has 0 saturated carbocycles. The van der Waals surface area contributed by atoms with E-state index in [0.29, 0.717) is 31.5 Å². The number of Topliss-reactive ketones (excluding diaryl/α,β-unsaturated/α-hetero) is 1. The van der Waals surface area contributed by atoms with Crippen LogP contribution in [0.2, 0.25) is 0 Å². The molecule has 3 heterocycles. The van der Waals surface area contributed by atoms with Gasteiger partial charge in [0.15, 0.2) is 12.1 Å². The summed E-state index contributed by atoms with van der Waals surface area (Å²) < 4.78 is 42.7. The van der Waals surface area contributed by atoms with Crippen LogP contribution < -0.4 is 0 Å². The Hall–Kier alpha value is -3.13. The van der Waals surface area contributed by atoms with Gasteiger partial charge in [-0.05, 0) is 96.4 Å². The van der Waals surface area contributed by atoms with E-state index in [-0.39, 0.29) is 31.6 Å². The molecule has 0 radical (unpaired) electrons. The van der Waals surface area contributed by atoms with Gasteiger partial charge in [-0.2, -0.15) is 0 Å². The fraction of sp³-hybridized carbons (Fsp3) is 0.689. The zero-order valence-electron chi connectivity index (χ0n) is 35.9. The minimum absolute atomic E-state index is 0.0662. The highest BCUT2D eigenvalue weighted by Crippen LogP contribution is 2.43. The van der Waals surface area contributed by atoms with E-state index in [1.165, 1.54) is 13.8 Å². The summed E-state index contributed by atoms with van der Waals surface area (Å²) in [5.74, 6) is -5.95. The Kier molecular flexibility index (Phi) is 15.8. The molecule has 4 rings (SSSR count). The molecule has 318 valence electrons. The number of ketones is 1. The Labute approximate surface area is 339 Å². The molecule has 11 nitrogen and oxygen atoms in total. The molecule has 0 aromatic heterocycles. The molecule has 0 aliphatic carbocycles. The lowest BCUT2D eigenvalue weighted by atomic mass is 9.68. The van der Waals surface area contributed by atoms with Gasteiger partial charge in [-0.1, -0.05) is 83.2 Å². The van der Waals surface area contributed by atoms with E-state index in [0.717, 1.165) is 18.1 Å². The maximum absolute atomic E-state index is 16.9. The van der Waals surface area contributed by atoms with Crippen LogP contribution in [-0.4, -0.2) is 112 Å². The number of esters is 1. The molecule has 3 aliphatic heterocycles. The largest absolute Gasteiger partial charge is 0.457 e. The first-order chi connectivity index (χ1) is 26.7. The number of halogens is 1. The van der Waals surface area contributed by atoms with Crippen molar-refractivity contribution in [1.29, 1.82) is 0 Å². The van der Waals surface area contributed by atoms with Crippen molar-refractivity contribution >= 4 is 29.4 Å². The number of alkyl halides is 1. The first-order valence-corrected chi connectivity index (χ1v) is 20.7. The predicted octanol–water partition coefficient (Wildman–Crippen LogP) is 6.68. The summed E-state index contributed by atoms with van der Waals surface area (Å²) in [6.07, 6.45) is 2.24. The number of cyclic esters (lactones) is 1. The number of ether oxygens (including phenoxy) is 4. The monoisotopic (exact) mass is 798 g/mol. The molecule has 3 fully saturated rings. The smallest absolute Gasteiger partial charge is 0.351 e. The van der Waals surface area contributed by atoms with Crippen LogP contribution in [0, 0.1) is 23.7 Å². The number of carbonyl (C=O) groups excluding carboxylic acids is 3. The predicted molar refractivity (Wildman–Crippen MR) is 218 cm³/mol. The second-order valence-electron chi connectivity index (χ2n) is 17.2. The van der Waals surface area contributed by atoms with Gasteiger partial charge in [0, 0.05) is 30.5 Å². The van der Waals surface area contributed by atoms with E-state index >= 15 is 4.39 Å². The molecule has 3 aliphatic rings. The summed E-state index contributed by atoms with van der Waals surface area (Å²) in [4.78, 5) is 47.7. The number of nitrogens with zero attached hydrogens (tertiary/aromatic N) is 2. The first-order valence-electron chi connectivity index (χ1n) is 20.7. The third-order valence-corrected chi connectivity index (χ3v) is 12.7. The second-order valence-corrected chi connectivity index (χ2v) is 17.2. The summed E-state index contributed by atoms with van der Waals surface area (Å²) in [5, 5.41) is 24.2. The minimum atomic E-state index is -3.14. The molecule has 0 spiro atoms. The van der Waals surface area contributed by atoms with Gasteiger partial charge in [-0.3, -0.25) is 9.59 Å². The molecular weight excluding hydrogens is 731 g/mol. The zero-order chi connectivity index (χ0) is 42.5. The number of amides is 1. The Morgan fingerprint density at radius 2 is 1.75 bits per heavy atom. The van der Waals surface area contributed by atoms with Crippen LogP contribution in [0.15, 0.2) is 53.0 Å². The zero-order valence-corrected chi connectivity index (χ0v) is 35.9. The molecule has 1 unspecified atom stereocenters. The maximum Gasteiger partial charge on any atom is 0.351 e. The van der Waals surface area contributed by atoms with Crippen LogP contribution in [-0.2, 0) is 33.3 Å². The minimum Gasteiger partial charge on any atom is -0.457 e. The second kappa shape index (κ2) is 19.3. The summed E-state index contributed by atoms with van der Waals surface area (Å²) in [5.41, 5.74) is -3.93. The van der Waals surface area contributed by atoms with Gasteiger partial charge in [-0.25, -0.2) is 14.2 Å². The fourth-order valence-electron chi connectivity index (χ4n) is 9.24. The van der Waals surface area contributed by atoms with E-state index in [9.17, 15) is 24.6 Å². The van der Waals surface area contributed by atoms with Crippen molar-refractivity contribution in [2.45, 2.75) is 155 Å². The molecule has 1 aromatic rings. The van der Waals surface area contributed by atoms with Crippen molar-refractivity contribution in [3.63, 3.8) is 0 Å². The number of likely N-dealkylation sites (N-methyl/N-ethyl adjacent to an activating group) is 1. The van der Waals surface area contributed by atoms with Crippen LogP contribution in [0.3, 0.4) is 0 Å². The Bertz CT molecular complexity index is 1640. The Balaban J connectivity index is 2.00. The molecule has 3 saturated heterocycles. The van der Waals surface area contributed by atoms with Crippen LogP contribution >= 0.6 is 0 Å². The van der Waals surface area contributed by atoms with E-state index in [4.69, 9.17) is 18.9 Å². The van der Waals surface area contributed by atoms with Gasteiger partial charge in [-0.15, -0.1) is 0 Å². The third kappa shape index (κ3) is 10.7. The molecular formula is C45H67FN2O9. The number of hydrogen-bond acceptors (Lipinski definition) is 10. The number of allylic oxidation sites excluding steroid dienone is 2. The van der Waals surface area contributed by atoms with E-state index in [2.05, 4.69) is 4.99 Å². The average Bonchev–Trinajstić information content (AvgIpc) is 3.17. The number of fused-ring (bicyclic) bond motifs is 5. The average molecular weight is 799 g/mol. The van der Waals surface area contributed by atoms with Gasteiger partial charge in [0.05, 0.1) is 24.4 Å². The summed E-state index contributed by atoms with van der Waals surface area (Å²) in [6, 6.07) is 9.49. The van der Waals surface area contributed by atoms with Gasteiger partial charge < -0.3 is 34.1 Å². The molecule has 1 aromatic carbocycles. The van der Waals surface area contributed by atoms with Crippen molar-refractivity contribution in [2.75, 3.05) is 20.2 Å². The molecule has 2 bridgehead atoms. The van der Waals surface area contributed by atoms with Crippen LogP contribution in [0.1, 0.15) is 107 Å². The topological polar surface area (TPSA) is 144 Å². The molecule has 12 heteroatoms. The molecule has 1 amide bonds. The normalized spacial score (nSPS) is 40.5. The summed E-state index contributed by atoms with van der Waals surface area (Å²) >= 11 is 0. The van der Waals surface area contributed by atoms with Gasteiger partial charge in [0.2, 0.25) is 5.91 Å². The van der Waals surface area contributed by atoms with E-state index in [1.54, 1.807) is 20.8 Å². The van der Waals surface area contributed by atoms with Crippen LogP contribution in [0.25, 0.3) is 6.08 Å². The number of carbonyl (C=O) groups is 3. The standard InChI is InChI=1S/C45H67FN2O9/c1-12-36-45(10,53)34-23-22-33(21-17-20-32-18-15-14-16-19-32)26-54-43(8,25-27(3)37(29(34)5)47-31(7)49)40(30(6)39(51)44(9,46)42(52)56-36)57-41-38(50)35(48(11)13-2)24-28(4)55-41/h14-21,27-30,34-36,38,40-41,50,53H,12-13,22-26H2,1-11H3/b20-17+,33-21+,47-37?/t27-,28-,29-,30?,34-,35+,36-,38-,40-,41+,43-,44+,45+/m1/s1. The summed E-state index contributed by atoms with van der Waals surface area (Å²) in [6.45, 7) is 17.2. The van der Waals surface area contributed by atoms with Crippen molar-refractivity contribution in [3.05, 3.63) is 53.6 Å². The Morgan fingerprint density at radius 3 is 2.37 bits per heavy atom. The lowest BCUT2D eigenvalue weighted by Gasteiger charge is -2.48. The molecule has 13 atom stereocenters. The molecule has 57 heavy (non-hydrogen) atoms. The van der Waals surface area contributed by atoms with Gasteiger partial charge >= 0.3 is 5.97 Å². The maximum atomic E-state index is 16.9. The number of aliphatic hydroxyl groups excluding tert-OH is 1. The molecule has 2 N–H and O–H groups in total. The van der Waals surface area contributed by atoms with Crippen LogP contribution in [0.5, 0.6) is 0 Å². The van der Waals surface area contributed by atoms with Crippen molar-refractivity contribution in [1.82, 2.24) is 4.90 Å². The van der Waals surface area contributed by atoms with Crippen molar-refractivity contribution in [2.24, 2.45) is 28.7 Å². The number of rotatable bonds is 7. The van der Waals surface area contributed by atoms with Crippen LogP contribution in [0.4, 0.5) is 4.39 Å². The fourth-order valence-corrected chi connectivity index (χ4v) is 9.24. The number of aliphatic hydroxyl groups is 2. The van der Waals surface area contributed by atoms with Crippen molar-refractivity contribution in [3.8, 4) is 0 Å². The Morgan fingerprint density at radius 1 is 1.09 bits per heavy atom. The first kappa shape index (κ1) is 46.6. The lowest BCUT2D eigenvalue weighted by Crippen LogP contribution is -2.61. The highest BCUT2D eigenvalue weighted by molar-refractivity contribution is 6.08. The van der Waals surface area contributed by atoms with E-state index in [1.807, 2.05) is 88.2 Å².